The van der Waals surface area contributed by atoms with Crippen LogP contribution in [0.5, 0.6) is 0 Å². The second-order valence-corrected chi connectivity index (χ2v) is 9.33. The number of hydrogen-bond donors (Lipinski definition) is 0. The van der Waals surface area contributed by atoms with Gasteiger partial charge in [-0.05, 0) is 47.9 Å². The van der Waals surface area contributed by atoms with Crippen molar-refractivity contribution in [3.63, 3.8) is 0 Å². The van der Waals surface area contributed by atoms with Gasteiger partial charge in [-0.15, -0.1) is 0 Å². The molecule has 0 unspecified atom stereocenters. The van der Waals surface area contributed by atoms with Crippen molar-refractivity contribution in [2.24, 2.45) is 0 Å². The van der Waals surface area contributed by atoms with Crippen LogP contribution in [0.3, 0.4) is 0 Å². The fraction of sp³-hybridized carbons (Fsp3) is 0.286. The van der Waals surface area contributed by atoms with Gasteiger partial charge in [0.25, 0.3) is 0 Å². The minimum atomic E-state index is -4.61. The van der Waals surface area contributed by atoms with Crippen LogP contribution in [0, 0.1) is 12.7 Å². The van der Waals surface area contributed by atoms with E-state index in [4.69, 9.17) is 0 Å². The molecule has 0 spiro atoms. The molecule has 0 bridgehead atoms. The van der Waals surface area contributed by atoms with Crippen LogP contribution in [0.4, 0.5) is 17.6 Å². The minimum Gasteiger partial charge on any atom is -0.297 e. The number of ketones is 2. The summed E-state index contributed by atoms with van der Waals surface area (Å²) < 4.78 is 54.5. The topological polar surface area (TPSA) is 40.6 Å². The summed E-state index contributed by atoms with van der Waals surface area (Å²) in [7, 11) is 0. The first-order valence-corrected chi connectivity index (χ1v) is 11.7. The Morgan fingerprint density at radius 1 is 0.833 bits per heavy atom. The van der Waals surface area contributed by atoms with Gasteiger partial charge in [-0.25, -0.2) is 4.39 Å². The summed E-state index contributed by atoms with van der Waals surface area (Å²) >= 11 is 0. The van der Waals surface area contributed by atoms with Crippen LogP contribution in [0.15, 0.2) is 66.7 Å². The van der Waals surface area contributed by atoms with Gasteiger partial charge in [-0.2, -0.15) is 13.2 Å². The monoisotopic (exact) mass is 496 g/mol. The summed E-state index contributed by atoms with van der Waals surface area (Å²) in [5.41, 5.74) is -0.497. The quantitative estimate of drug-likeness (QED) is 0.366. The van der Waals surface area contributed by atoms with Crippen LogP contribution in [0.1, 0.15) is 43.0 Å². The highest BCUT2D eigenvalue weighted by Crippen LogP contribution is 2.44. The minimum absolute atomic E-state index is 0.0259. The molecule has 1 aliphatic heterocycles. The molecule has 0 atom stereocenters. The summed E-state index contributed by atoms with van der Waals surface area (Å²) in [5, 5.41) is 0. The summed E-state index contributed by atoms with van der Waals surface area (Å²) in [6.45, 7) is 3.91. The van der Waals surface area contributed by atoms with Gasteiger partial charge in [-0.3, -0.25) is 19.4 Å². The predicted molar refractivity (Wildman–Crippen MR) is 126 cm³/mol. The third-order valence-electron chi connectivity index (χ3n) is 7.23. The molecule has 1 aliphatic carbocycles. The normalized spacial score (nSPS) is 18.5. The molecule has 0 aromatic heterocycles. The lowest BCUT2D eigenvalue weighted by Gasteiger charge is -2.44. The highest BCUT2D eigenvalue weighted by Gasteiger charge is 2.58. The van der Waals surface area contributed by atoms with Crippen molar-refractivity contribution < 1.29 is 27.2 Å². The van der Waals surface area contributed by atoms with Crippen LogP contribution in [0.2, 0.25) is 0 Å². The molecule has 8 heteroatoms. The van der Waals surface area contributed by atoms with Gasteiger partial charge in [0.1, 0.15) is 5.82 Å². The lowest BCUT2D eigenvalue weighted by Crippen LogP contribution is -2.60. The zero-order chi connectivity index (χ0) is 25.7. The Kier molecular flexibility index (Phi) is 6.04. The molecule has 0 amide bonds. The third kappa shape index (κ3) is 3.94. The first kappa shape index (κ1) is 24.3. The van der Waals surface area contributed by atoms with Crippen LogP contribution in [0.25, 0.3) is 0 Å². The van der Waals surface area contributed by atoms with Crippen molar-refractivity contribution in [1.82, 2.24) is 9.80 Å². The molecule has 36 heavy (non-hydrogen) atoms. The van der Waals surface area contributed by atoms with Crippen LogP contribution in [-0.2, 0) is 18.3 Å². The van der Waals surface area contributed by atoms with E-state index >= 15 is 0 Å². The molecule has 0 saturated carbocycles. The van der Waals surface area contributed by atoms with Crippen molar-refractivity contribution in [2.45, 2.75) is 25.2 Å². The van der Waals surface area contributed by atoms with Gasteiger partial charge in [-0.1, -0.05) is 42.5 Å². The third-order valence-corrected chi connectivity index (χ3v) is 7.23. The first-order valence-electron chi connectivity index (χ1n) is 11.7. The summed E-state index contributed by atoms with van der Waals surface area (Å²) in [6, 6.07) is 15.5. The number of nitrogens with zero attached hydrogens (tertiary/aromatic N) is 2. The fourth-order valence-electron chi connectivity index (χ4n) is 5.32. The van der Waals surface area contributed by atoms with Crippen LogP contribution in [-0.4, -0.2) is 47.5 Å². The maximum Gasteiger partial charge on any atom is 0.416 e. The second kappa shape index (κ2) is 8.94. The molecule has 2 aliphatic rings. The molecule has 4 nitrogen and oxygen atoms in total. The summed E-state index contributed by atoms with van der Waals surface area (Å²) in [4.78, 5) is 31.5. The number of hydrogen-bond acceptors (Lipinski definition) is 4. The molecule has 1 heterocycles. The van der Waals surface area contributed by atoms with Gasteiger partial charge < -0.3 is 0 Å². The molecular weight excluding hydrogens is 472 g/mol. The zero-order valence-corrected chi connectivity index (χ0v) is 19.6. The molecule has 3 aromatic rings. The average Bonchev–Trinajstić information content (AvgIpc) is 3.09. The smallest absolute Gasteiger partial charge is 0.297 e. The van der Waals surface area contributed by atoms with Crippen molar-refractivity contribution in [3.05, 3.63) is 106 Å². The standard InChI is InChI=1S/C28H24F4N2O2/c1-18-9-10-22(29)15-19(18)17-33-11-13-34(14-12-33)27(20-5-4-6-21(16-20)28(30,31)32)25(35)23-7-2-3-8-24(23)26(27)36/h2-10,15-16H,11-14,17H2,1H3. The van der Waals surface area contributed by atoms with E-state index in [2.05, 4.69) is 4.90 Å². The van der Waals surface area contributed by atoms with Crippen molar-refractivity contribution in [1.29, 1.82) is 0 Å². The Morgan fingerprint density at radius 2 is 1.47 bits per heavy atom. The molecule has 1 saturated heterocycles. The summed E-state index contributed by atoms with van der Waals surface area (Å²) in [6.07, 6.45) is -4.61. The van der Waals surface area contributed by atoms with Crippen molar-refractivity contribution in [3.8, 4) is 0 Å². The number of carbonyl (C=O) groups is 2. The van der Waals surface area contributed by atoms with Crippen molar-refractivity contribution >= 4 is 11.6 Å². The Morgan fingerprint density at radius 3 is 2.08 bits per heavy atom. The number of fused-ring (bicyclic) bond motifs is 1. The van der Waals surface area contributed by atoms with Gasteiger partial charge in [0.2, 0.25) is 0 Å². The number of carbonyl (C=O) groups excluding carboxylic acids is 2. The number of Topliss-reactive ketones (excluding diaryl/α,β-unsaturated/α-hetero) is 2. The van der Waals surface area contributed by atoms with E-state index < -0.39 is 28.8 Å². The SMILES string of the molecule is Cc1ccc(F)cc1CN1CCN(C2(c3cccc(C(F)(F)F)c3)C(=O)c3ccccc3C2=O)CC1. The zero-order valence-electron chi connectivity index (χ0n) is 19.6. The van der Waals surface area contributed by atoms with Crippen molar-refractivity contribution in [2.75, 3.05) is 26.2 Å². The van der Waals surface area contributed by atoms with E-state index in [0.717, 1.165) is 23.3 Å². The number of piperazine rings is 1. The van der Waals surface area contributed by atoms with Gasteiger partial charge in [0.05, 0.1) is 5.56 Å². The Labute approximate surface area is 206 Å². The largest absolute Gasteiger partial charge is 0.416 e. The molecule has 0 radical (unpaired) electrons. The molecule has 1 fully saturated rings. The molecular formula is C28H24F4N2O2. The number of aryl methyl sites for hydroxylation is 1. The Balaban J connectivity index is 1.51. The highest BCUT2D eigenvalue weighted by atomic mass is 19.4. The molecule has 3 aromatic carbocycles. The second-order valence-electron chi connectivity index (χ2n) is 9.33. The van der Waals surface area contributed by atoms with Gasteiger partial charge in [0.15, 0.2) is 17.1 Å². The molecule has 186 valence electrons. The number of halogens is 4. The summed E-state index contributed by atoms with van der Waals surface area (Å²) in [5.74, 6) is -1.33. The van der Waals surface area contributed by atoms with E-state index in [-0.39, 0.29) is 35.6 Å². The molecule has 0 N–H and O–H groups in total. The lowest BCUT2D eigenvalue weighted by atomic mass is 9.81. The van der Waals surface area contributed by atoms with E-state index in [1.54, 1.807) is 35.2 Å². The molecule has 5 rings (SSSR count). The average molecular weight is 497 g/mol. The fourth-order valence-corrected chi connectivity index (χ4v) is 5.32. The van der Waals surface area contributed by atoms with E-state index in [9.17, 15) is 27.2 Å². The maximum absolute atomic E-state index is 13.8. The predicted octanol–water partition coefficient (Wildman–Crippen LogP) is 5.25. The maximum atomic E-state index is 13.8. The van der Waals surface area contributed by atoms with E-state index in [0.29, 0.717) is 19.6 Å². The van der Waals surface area contributed by atoms with E-state index in [1.807, 2.05) is 6.92 Å². The lowest BCUT2D eigenvalue weighted by molar-refractivity contribution is -0.137. The van der Waals surface area contributed by atoms with Gasteiger partial charge >= 0.3 is 6.18 Å². The van der Waals surface area contributed by atoms with E-state index in [1.165, 1.54) is 24.3 Å². The Bertz CT molecular complexity index is 1310. The van der Waals surface area contributed by atoms with Crippen LogP contribution < -0.4 is 0 Å². The first-order chi connectivity index (χ1) is 17.1. The van der Waals surface area contributed by atoms with Gasteiger partial charge in [0, 0.05) is 43.9 Å². The number of alkyl halides is 3. The van der Waals surface area contributed by atoms with Crippen LogP contribution >= 0.6 is 0 Å². The Hall–Kier alpha value is -3.36. The number of benzene rings is 3. The highest BCUT2D eigenvalue weighted by molar-refractivity contribution is 6.32. The number of rotatable bonds is 4.